The number of ether oxygens (including phenoxy) is 2. The van der Waals surface area contributed by atoms with E-state index < -0.39 is 5.97 Å². The van der Waals surface area contributed by atoms with Crippen LogP contribution in [0.2, 0.25) is 0 Å². The molecule has 0 saturated carbocycles. The largest absolute Gasteiger partial charge is 0.454 e. The zero-order chi connectivity index (χ0) is 24.7. The predicted molar refractivity (Wildman–Crippen MR) is 137 cm³/mol. The average Bonchev–Trinajstić information content (AvgIpc) is 3.21. The van der Waals surface area contributed by atoms with Gasteiger partial charge in [0.2, 0.25) is 6.79 Å². The summed E-state index contributed by atoms with van der Waals surface area (Å²) in [5.41, 5.74) is 5.15. The van der Waals surface area contributed by atoms with E-state index in [1.54, 1.807) is 37.5 Å². The van der Waals surface area contributed by atoms with Crippen molar-refractivity contribution in [3.63, 3.8) is 0 Å². The molecule has 0 spiro atoms. The van der Waals surface area contributed by atoms with Crippen LogP contribution in [0, 0.1) is 6.92 Å². The van der Waals surface area contributed by atoms with Crippen LogP contribution in [-0.2, 0) is 21.4 Å². The molecule has 0 aliphatic rings. The molecule has 34 heavy (non-hydrogen) atoms. The molecule has 0 bridgehead atoms. The van der Waals surface area contributed by atoms with Crippen molar-refractivity contribution in [2.45, 2.75) is 46.6 Å². The van der Waals surface area contributed by atoms with Crippen molar-refractivity contribution in [3.8, 4) is 0 Å². The highest BCUT2D eigenvalue weighted by atomic mass is 16.7. The molecule has 6 heteroatoms. The third kappa shape index (κ3) is 6.01. The highest BCUT2D eigenvalue weighted by Gasteiger charge is 2.20. The summed E-state index contributed by atoms with van der Waals surface area (Å²) >= 11 is 0. The van der Waals surface area contributed by atoms with E-state index in [0.717, 1.165) is 22.5 Å². The summed E-state index contributed by atoms with van der Waals surface area (Å²) in [5.74, 6) is 0.109. The molecule has 0 amide bonds. The lowest BCUT2D eigenvalue weighted by molar-refractivity contribution is 0.00660. The Labute approximate surface area is 201 Å². The fourth-order valence-electron chi connectivity index (χ4n) is 3.60. The third-order valence-electron chi connectivity index (χ3n) is 5.40. The molecule has 2 aromatic carbocycles. The second-order valence-electron chi connectivity index (χ2n) is 9.00. The van der Waals surface area contributed by atoms with Gasteiger partial charge in [-0.25, -0.2) is 4.79 Å². The van der Waals surface area contributed by atoms with E-state index in [4.69, 9.17) is 9.47 Å². The minimum Gasteiger partial charge on any atom is -0.454 e. The van der Waals surface area contributed by atoms with E-state index in [1.807, 2.05) is 30.7 Å². The summed E-state index contributed by atoms with van der Waals surface area (Å²) in [4.78, 5) is 16.7. The van der Waals surface area contributed by atoms with E-state index in [2.05, 4.69) is 55.1 Å². The topological polar surface area (TPSA) is 65.7 Å². The van der Waals surface area contributed by atoms with E-state index in [-0.39, 0.29) is 12.2 Å². The van der Waals surface area contributed by atoms with Crippen molar-refractivity contribution >= 4 is 23.5 Å². The maximum atomic E-state index is 12.4. The number of aromatic nitrogens is 2. The first-order chi connectivity index (χ1) is 16.2. The summed E-state index contributed by atoms with van der Waals surface area (Å²) in [6.07, 6.45) is 1.77. The number of rotatable bonds is 8. The molecule has 0 fully saturated rings. The van der Waals surface area contributed by atoms with Gasteiger partial charge in [-0.15, -0.1) is 0 Å². The first kappa shape index (κ1) is 25.0. The molecule has 1 heterocycles. The Kier molecular flexibility index (Phi) is 8.05. The van der Waals surface area contributed by atoms with Crippen molar-refractivity contribution in [2.75, 3.05) is 13.8 Å². The van der Waals surface area contributed by atoms with E-state index in [9.17, 15) is 4.79 Å². The first-order valence-electron chi connectivity index (χ1n) is 11.4. The number of aryl methyl sites for hydroxylation is 2. The number of carbonyl (C=O) groups excluding carboxylic acids is 1. The van der Waals surface area contributed by atoms with Crippen LogP contribution in [0.4, 0.5) is 0 Å². The van der Waals surface area contributed by atoms with E-state index >= 15 is 0 Å². The van der Waals surface area contributed by atoms with Crippen LogP contribution in [0.5, 0.6) is 0 Å². The number of esters is 1. The molecule has 3 rings (SSSR count). The minimum absolute atomic E-state index is 0.0458. The molecular weight excluding hydrogens is 426 g/mol. The van der Waals surface area contributed by atoms with Crippen LogP contribution in [0.3, 0.4) is 0 Å². The molecule has 0 saturated heterocycles. The summed E-state index contributed by atoms with van der Waals surface area (Å²) in [7, 11) is 1.72. The number of aliphatic imine (C=N–C) groups is 1. The van der Waals surface area contributed by atoms with Crippen LogP contribution in [0.1, 0.15) is 60.6 Å². The van der Waals surface area contributed by atoms with Gasteiger partial charge in [0.1, 0.15) is 5.69 Å². The summed E-state index contributed by atoms with van der Waals surface area (Å²) in [6.45, 7) is 10.9. The second-order valence-corrected chi connectivity index (χ2v) is 9.00. The van der Waals surface area contributed by atoms with Crippen molar-refractivity contribution in [1.82, 2.24) is 9.78 Å². The van der Waals surface area contributed by atoms with Crippen LogP contribution in [0.25, 0.3) is 11.3 Å². The molecule has 3 aromatic rings. The first-order valence-corrected chi connectivity index (χ1v) is 11.4. The smallest absolute Gasteiger partial charge is 0.340 e. The zero-order valence-electron chi connectivity index (χ0n) is 20.8. The van der Waals surface area contributed by atoms with Crippen molar-refractivity contribution in [2.24, 2.45) is 4.99 Å². The van der Waals surface area contributed by atoms with Gasteiger partial charge in [0.15, 0.2) is 5.76 Å². The molecular formula is C28H33N3O3. The lowest BCUT2D eigenvalue weighted by Crippen LogP contribution is -2.12. The van der Waals surface area contributed by atoms with Gasteiger partial charge in [0, 0.05) is 25.4 Å². The van der Waals surface area contributed by atoms with Crippen molar-refractivity contribution < 1.29 is 14.3 Å². The lowest BCUT2D eigenvalue weighted by atomic mass is 9.86. The van der Waals surface area contributed by atoms with Gasteiger partial charge >= 0.3 is 5.97 Å². The molecule has 0 N–H and O–H groups in total. The third-order valence-corrected chi connectivity index (χ3v) is 5.40. The van der Waals surface area contributed by atoms with Crippen LogP contribution in [-0.4, -0.2) is 35.8 Å². The fourth-order valence-corrected chi connectivity index (χ4v) is 3.60. The van der Waals surface area contributed by atoms with Gasteiger partial charge in [-0.05, 0) is 48.6 Å². The summed E-state index contributed by atoms with van der Waals surface area (Å²) in [5, 5.41) is 4.57. The van der Waals surface area contributed by atoms with Gasteiger partial charge in [-0.3, -0.25) is 9.67 Å². The molecule has 6 nitrogen and oxygen atoms in total. The minimum atomic E-state index is -0.444. The van der Waals surface area contributed by atoms with E-state index in [1.165, 1.54) is 5.56 Å². The van der Waals surface area contributed by atoms with E-state index in [0.29, 0.717) is 17.9 Å². The number of hydrogen-bond acceptors (Lipinski definition) is 5. The number of allylic oxidation sites excluding steroid dienone is 1. The fraction of sp³-hybridized carbons (Fsp3) is 0.321. The Morgan fingerprint density at radius 3 is 2.29 bits per heavy atom. The maximum absolute atomic E-state index is 12.4. The highest BCUT2D eigenvalue weighted by Crippen LogP contribution is 2.30. The quantitative estimate of drug-likeness (QED) is 0.182. The Hall–Kier alpha value is -3.67. The van der Waals surface area contributed by atoms with Crippen molar-refractivity contribution in [3.05, 3.63) is 88.7 Å². The standard InChI is InChI=1S/C28H33N3O3/c1-7-31-25(17-20(2)30-31)26(33-19-34-27(32)22-11-9-8-10-12-22)24(18-29-6)21-13-15-23(16-14-21)28(3,4)5/h8-18H,7,19H2,1-6H3/b26-24-,29-18?. The Morgan fingerprint density at radius 1 is 1.03 bits per heavy atom. The van der Waals surface area contributed by atoms with Crippen LogP contribution < -0.4 is 0 Å². The summed E-state index contributed by atoms with van der Waals surface area (Å²) < 4.78 is 13.4. The Morgan fingerprint density at radius 2 is 1.71 bits per heavy atom. The highest BCUT2D eigenvalue weighted by molar-refractivity contribution is 6.18. The summed E-state index contributed by atoms with van der Waals surface area (Å²) in [6, 6.07) is 19.2. The monoisotopic (exact) mass is 459 g/mol. The SMILES string of the molecule is CCn1nc(C)cc1/C(OCOC(=O)c1ccccc1)=C(\C=NC)c1ccc(C(C)(C)C)cc1. The Balaban J connectivity index is 2.01. The normalized spacial score (nSPS) is 12.5. The molecule has 1 aromatic heterocycles. The van der Waals surface area contributed by atoms with Crippen LogP contribution in [0.15, 0.2) is 65.7 Å². The molecule has 0 atom stereocenters. The van der Waals surface area contributed by atoms with Crippen LogP contribution >= 0.6 is 0 Å². The Bertz CT molecular complexity index is 1170. The number of benzene rings is 2. The predicted octanol–water partition coefficient (Wildman–Crippen LogP) is 5.91. The number of hydrogen-bond donors (Lipinski definition) is 0. The van der Waals surface area contributed by atoms with Gasteiger partial charge in [0.25, 0.3) is 0 Å². The molecule has 0 aliphatic heterocycles. The average molecular weight is 460 g/mol. The molecule has 0 aliphatic carbocycles. The lowest BCUT2D eigenvalue weighted by Gasteiger charge is -2.20. The second kappa shape index (κ2) is 11.0. The van der Waals surface area contributed by atoms with Crippen molar-refractivity contribution in [1.29, 1.82) is 0 Å². The molecule has 0 radical (unpaired) electrons. The number of nitrogens with zero attached hydrogens (tertiary/aromatic N) is 3. The molecule has 0 unspecified atom stereocenters. The van der Waals surface area contributed by atoms with Gasteiger partial charge in [-0.2, -0.15) is 5.10 Å². The van der Waals surface area contributed by atoms with Gasteiger partial charge in [0.05, 0.1) is 11.3 Å². The zero-order valence-corrected chi connectivity index (χ0v) is 20.8. The number of carbonyl (C=O) groups is 1. The maximum Gasteiger partial charge on any atom is 0.340 e. The molecule has 178 valence electrons. The van der Waals surface area contributed by atoms with Gasteiger partial charge < -0.3 is 9.47 Å². The van der Waals surface area contributed by atoms with Gasteiger partial charge in [-0.1, -0.05) is 63.2 Å².